The van der Waals surface area contributed by atoms with Gasteiger partial charge in [0.15, 0.2) is 0 Å². The number of aryl methyl sites for hydroxylation is 1. The Kier molecular flexibility index (Phi) is 4.73. The van der Waals surface area contributed by atoms with Crippen LogP contribution in [0.5, 0.6) is 0 Å². The SMILES string of the molecule is Cc1cc(C(=O)NCc2ccc(C(F)(F)F)cc2)sc1Br. The van der Waals surface area contributed by atoms with E-state index in [0.29, 0.717) is 10.4 Å². The number of hydrogen-bond acceptors (Lipinski definition) is 2. The quantitative estimate of drug-likeness (QED) is 0.819. The van der Waals surface area contributed by atoms with Gasteiger partial charge in [0.2, 0.25) is 0 Å². The number of rotatable bonds is 3. The molecule has 0 spiro atoms. The van der Waals surface area contributed by atoms with Crippen molar-refractivity contribution < 1.29 is 18.0 Å². The van der Waals surface area contributed by atoms with Crippen molar-refractivity contribution in [2.24, 2.45) is 0 Å². The molecule has 0 saturated heterocycles. The lowest BCUT2D eigenvalue weighted by atomic mass is 10.1. The maximum Gasteiger partial charge on any atom is 0.416 e. The molecular weight excluding hydrogens is 367 g/mol. The number of amides is 1. The van der Waals surface area contributed by atoms with E-state index in [9.17, 15) is 18.0 Å². The molecule has 1 aromatic carbocycles. The van der Waals surface area contributed by atoms with Crippen LogP contribution >= 0.6 is 27.3 Å². The zero-order valence-electron chi connectivity index (χ0n) is 10.9. The van der Waals surface area contributed by atoms with Crippen LogP contribution in [0.3, 0.4) is 0 Å². The Labute approximate surface area is 132 Å². The maximum atomic E-state index is 12.4. The highest BCUT2D eigenvalue weighted by Crippen LogP contribution is 2.29. The lowest BCUT2D eigenvalue weighted by molar-refractivity contribution is -0.137. The third kappa shape index (κ3) is 4.07. The van der Waals surface area contributed by atoms with Gasteiger partial charge in [0.25, 0.3) is 5.91 Å². The Bertz CT molecular complexity index is 630. The van der Waals surface area contributed by atoms with E-state index in [4.69, 9.17) is 0 Å². The van der Waals surface area contributed by atoms with Crippen LogP contribution in [0.1, 0.15) is 26.4 Å². The topological polar surface area (TPSA) is 29.1 Å². The molecule has 112 valence electrons. The molecule has 1 N–H and O–H groups in total. The fourth-order valence-corrected chi connectivity index (χ4v) is 3.10. The number of benzene rings is 1. The predicted octanol–water partition coefficient (Wildman–Crippen LogP) is 4.77. The Morgan fingerprint density at radius 2 is 1.90 bits per heavy atom. The number of hydrogen-bond donors (Lipinski definition) is 1. The molecule has 0 aliphatic heterocycles. The summed E-state index contributed by atoms with van der Waals surface area (Å²) in [5.41, 5.74) is 0.888. The van der Waals surface area contributed by atoms with Crippen molar-refractivity contribution in [2.75, 3.05) is 0 Å². The minimum atomic E-state index is -4.34. The minimum Gasteiger partial charge on any atom is -0.347 e. The summed E-state index contributed by atoms with van der Waals surface area (Å²) in [6.45, 7) is 2.07. The number of carbonyl (C=O) groups is 1. The molecule has 7 heteroatoms. The van der Waals surface area contributed by atoms with Gasteiger partial charge in [0.05, 0.1) is 14.2 Å². The van der Waals surface area contributed by atoms with E-state index in [1.54, 1.807) is 6.07 Å². The van der Waals surface area contributed by atoms with Crippen LogP contribution in [0.2, 0.25) is 0 Å². The first-order valence-electron chi connectivity index (χ1n) is 5.97. The van der Waals surface area contributed by atoms with Crippen molar-refractivity contribution in [3.8, 4) is 0 Å². The number of halogens is 4. The van der Waals surface area contributed by atoms with E-state index >= 15 is 0 Å². The van der Waals surface area contributed by atoms with Gasteiger partial charge >= 0.3 is 6.18 Å². The first-order valence-corrected chi connectivity index (χ1v) is 7.58. The fraction of sp³-hybridized carbons (Fsp3) is 0.214. The summed E-state index contributed by atoms with van der Waals surface area (Å²) in [5, 5.41) is 2.68. The molecule has 0 bridgehead atoms. The summed E-state index contributed by atoms with van der Waals surface area (Å²) in [5.74, 6) is -0.242. The molecular formula is C14H11BrF3NOS. The Balaban J connectivity index is 1.98. The summed E-state index contributed by atoms with van der Waals surface area (Å²) in [6.07, 6.45) is -4.34. The summed E-state index contributed by atoms with van der Waals surface area (Å²) < 4.78 is 38.2. The van der Waals surface area contributed by atoms with Crippen molar-refractivity contribution in [2.45, 2.75) is 19.6 Å². The Hall–Kier alpha value is -1.34. The van der Waals surface area contributed by atoms with Gasteiger partial charge in [-0.05, 0) is 52.2 Å². The van der Waals surface area contributed by atoms with Crippen molar-refractivity contribution in [3.05, 3.63) is 55.7 Å². The van der Waals surface area contributed by atoms with E-state index in [0.717, 1.165) is 21.5 Å². The van der Waals surface area contributed by atoms with E-state index in [-0.39, 0.29) is 12.5 Å². The smallest absolute Gasteiger partial charge is 0.347 e. The van der Waals surface area contributed by atoms with Gasteiger partial charge in [0, 0.05) is 6.54 Å². The molecule has 0 aliphatic rings. The van der Waals surface area contributed by atoms with Gasteiger partial charge in [-0.15, -0.1) is 11.3 Å². The molecule has 0 unspecified atom stereocenters. The summed E-state index contributed by atoms with van der Waals surface area (Å²) in [4.78, 5) is 12.5. The lowest BCUT2D eigenvalue weighted by Gasteiger charge is -2.08. The predicted molar refractivity (Wildman–Crippen MR) is 79.4 cm³/mol. The summed E-state index contributed by atoms with van der Waals surface area (Å²) >= 11 is 4.66. The molecule has 2 aromatic rings. The van der Waals surface area contributed by atoms with Crippen LogP contribution in [-0.2, 0) is 12.7 Å². The van der Waals surface area contributed by atoms with Gasteiger partial charge < -0.3 is 5.32 Å². The molecule has 0 fully saturated rings. The molecule has 1 aromatic heterocycles. The summed E-state index contributed by atoms with van der Waals surface area (Å²) in [7, 11) is 0. The van der Waals surface area contributed by atoms with Gasteiger partial charge in [-0.3, -0.25) is 4.79 Å². The first-order chi connectivity index (χ1) is 9.77. The number of alkyl halides is 3. The first kappa shape index (κ1) is 16.0. The number of nitrogens with one attached hydrogen (secondary N) is 1. The van der Waals surface area contributed by atoms with Crippen molar-refractivity contribution >= 4 is 33.2 Å². The van der Waals surface area contributed by atoms with Crippen LogP contribution < -0.4 is 5.32 Å². The zero-order chi connectivity index (χ0) is 15.6. The van der Waals surface area contributed by atoms with Crippen LogP contribution in [0.4, 0.5) is 13.2 Å². The number of thiophene rings is 1. The van der Waals surface area contributed by atoms with Crippen LogP contribution in [0.25, 0.3) is 0 Å². The zero-order valence-corrected chi connectivity index (χ0v) is 13.3. The highest BCUT2D eigenvalue weighted by atomic mass is 79.9. The highest BCUT2D eigenvalue weighted by molar-refractivity contribution is 9.11. The van der Waals surface area contributed by atoms with E-state index in [1.165, 1.54) is 23.5 Å². The third-order valence-corrected chi connectivity index (χ3v) is 4.95. The van der Waals surface area contributed by atoms with Gasteiger partial charge in [-0.1, -0.05) is 12.1 Å². The van der Waals surface area contributed by atoms with Crippen molar-refractivity contribution in [1.82, 2.24) is 5.32 Å². The largest absolute Gasteiger partial charge is 0.416 e. The highest BCUT2D eigenvalue weighted by Gasteiger charge is 2.29. The molecule has 0 aliphatic carbocycles. The summed E-state index contributed by atoms with van der Waals surface area (Å²) in [6, 6.07) is 6.49. The standard InChI is InChI=1S/C14H11BrF3NOS/c1-8-6-11(21-12(8)15)13(20)19-7-9-2-4-10(5-3-9)14(16,17)18/h2-6H,7H2,1H3,(H,19,20). The fourth-order valence-electron chi connectivity index (χ4n) is 1.65. The number of carbonyl (C=O) groups excluding carboxylic acids is 1. The molecule has 2 rings (SSSR count). The molecule has 2 nitrogen and oxygen atoms in total. The van der Waals surface area contributed by atoms with Crippen LogP contribution in [0, 0.1) is 6.92 Å². The second-order valence-electron chi connectivity index (χ2n) is 4.44. The van der Waals surface area contributed by atoms with Gasteiger partial charge in [-0.2, -0.15) is 13.2 Å². The van der Waals surface area contributed by atoms with Gasteiger partial charge in [-0.25, -0.2) is 0 Å². The molecule has 1 heterocycles. The van der Waals surface area contributed by atoms with E-state index in [2.05, 4.69) is 21.2 Å². The molecule has 0 radical (unpaired) electrons. The molecule has 21 heavy (non-hydrogen) atoms. The Morgan fingerprint density at radius 3 is 2.38 bits per heavy atom. The third-order valence-electron chi connectivity index (χ3n) is 2.82. The molecule has 1 amide bonds. The molecule has 0 saturated carbocycles. The van der Waals surface area contributed by atoms with Gasteiger partial charge in [0.1, 0.15) is 0 Å². The normalized spacial score (nSPS) is 11.5. The Morgan fingerprint density at radius 1 is 1.29 bits per heavy atom. The lowest BCUT2D eigenvalue weighted by Crippen LogP contribution is -2.21. The second kappa shape index (κ2) is 6.19. The average Bonchev–Trinajstić information content (AvgIpc) is 2.75. The second-order valence-corrected chi connectivity index (χ2v) is 6.81. The van der Waals surface area contributed by atoms with E-state index < -0.39 is 11.7 Å². The minimum absolute atomic E-state index is 0.186. The average molecular weight is 378 g/mol. The van der Waals surface area contributed by atoms with Crippen molar-refractivity contribution in [3.63, 3.8) is 0 Å². The van der Waals surface area contributed by atoms with Crippen LogP contribution in [-0.4, -0.2) is 5.91 Å². The monoisotopic (exact) mass is 377 g/mol. The van der Waals surface area contributed by atoms with Crippen LogP contribution in [0.15, 0.2) is 34.1 Å². The molecule has 0 atom stereocenters. The maximum absolute atomic E-state index is 12.4. The van der Waals surface area contributed by atoms with Crippen molar-refractivity contribution in [1.29, 1.82) is 0 Å². The van der Waals surface area contributed by atoms with E-state index in [1.807, 2.05) is 6.92 Å².